The lowest BCUT2D eigenvalue weighted by molar-refractivity contribution is 0.102. The lowest BCUT2D eigenvalue weighted by Crippen LogP contribution is -2.13. The summed E-state index contributed by atoms with van der Waals surface area (Å²) in [5.41, 5.74) is 14.3. The van der Waals surface area contributed by atoms with E-state index in [0.29, 0.717) is 22.6 Å². The first-order chi connectivity index (χ1) is 10.1. The van der Waals surface area contributed by atoms with Gasteiger partial charge in [0.2, 0.25) is 0 Å². The Morgan fingerprint density at radius 2 is 1.76 bits per heavy atom. The number of benzene rings is 2. The summed E-state index contributed by atoms with van der Waals surface area (Å²) in [4.78, 5) is 16.6. The van der Waals surface area contributed by atoms with E-state index in [4.69, 9.17) is 11.5 Å². The summed E-state index contributed by atoms with van der Waals surface area (Å²) in [7, 11) is 0. The maximum absolute atomic E-state index is 12.3. The van der Waals surface area contributed by atoms with Crippen LogP contribution in [0.4, 0.5) is 17.1 Å². The Bertz CT molecular complexity index is 804. The molecule has 0 fully saturated rings. The molecule has 104 valence electrons. The zero-order chi connectivity index (χ0) is 14.8. The van der Waals surface area contributed by atoms with E-state index >= 15 is 0 Å². The van der Waals surface area contributed by atoms with Crippen molar-refractivity contribution < 1.29 is 4.79 Å². The van der Waals surface area contributed by atoms with Gasteiger partial charge in [-0.25, -0.2) is 0 Å². The molecule has 0 unspecified atom stereocenters. The summed E-state index contributed by atoms with van der Waals surface area (Å²) in [6, 6.07) is 14.1. The van der Waals surface area contributed by atoms with E-state index in [1.165, 1.54) is 0 Å². The molecule has 3 rings (SSSR count). The molecule has 0 aliphatic carbocycles. The third kappa shape index (κ3) is 2.62. The second-order valence-corrected chi connectivity index (χ2v) is 4.72. The average Bonchev–Trinajstić information content (AvgIpc) is 2.46. The zero-order valence-electron chi connectivity index (χ0n) is 11.2. The highest BCUT2D eigenvalue weighted by Crippen LogP contribution is 2.22. The number of nitrogens with one attached hydrogen (secondary N) is 1. The van der Waals surface area contributed by atoms with Gasteiger partial charge in [0.25, 0.3) is 5.91 Å². The number of amides is 1. The van der Waals surface area contributed by atoms with Crippen molar-refractivity contribution in [3.63, 3.8) is 0 Å². The number of nitrogen functional groups attached to an aromatic ring is 2. The molecule has 2 aromatic carbocycles. The number of rotatable bonds is 2. The summed E-state index contributed by atoms with van der Waals surface area (Å²) >= 11 is 0. The molecule has 0 saturated heterocycles. The van der Waals surface area contributed by atoms with Crippen molar-refractivity contribution >= 4 is 33.9 Å². The third-order valence-electron chi connectivity index (χ3n) is 3.13. The number of hydrogen-bond acceptors (Lipinski definition) is 4. The second kappa shape index (κ2) is 5.13. The van der Waals surface area contributed by atoms with Crippen molar-refractivity contribution in [2.24, 2.45) is 0 Å². The number of fused-ring (bicyclic) bond motifs is 1. The Labute approximate surface area is 121 Å². The van der Waals surface area contributed by atoms with Crippen LogP contribution in [0.2, 0.25) is 0 Å². The molecular formula is C16H14N4O. The van der Waals surface area contributed by atoms with Gasteiger partial charge in [-0.1, -0.05) is 6.07 Å². The Morgan fingerprint density at radius 3 is 2.52 bits per heavy atom. The van der Waals surface area contributed by atoms with E-state index in [0.717, 1.165) is 10.9 Å². The molecule has 5 heteroatoms. The van der Waals surface area contributed by atoms with E-state index in [9.17, 15) is 4.79 Å². The number of carbonyl (C=O) groups excluding carboxylic acids is 1. The van der Waals surface area contributed by atoms with Crippen molar-refractivity contribution in [1.82, 2.24) is 4.98 Å². The maximum atomic E-state index is 12.3. The molecule has 5 N–H and O–H groups in total. The van der Waals surface area contributed by atoms with Crippen LogP contribution >= 0.6 is 0 Å². The van der Waals surface area contributed by atoms with Crippen LogP contribution in [0.15, 0.2) is 54.7 Å². The minimum atomic E-state index is -0.259. The van der Waals surface area contributed by atoms with Gasteiger partial charge >= 0.3 is 0 Å². The SMILES string of the molecule is Nc1cc(N)cc(C(=O)Nc2cccc3ncccc23)c1. The average molecular weight is 278 g/mol. The fourth-order valence-electron chi connectivity index (χ4n) is 2.21. The molecule has 3 aromatic rings. The molecule has 0 aliphatic heterocycles. The fourth-order valence-corrected chi connectivity index (χ4v) is 2.21. The van der Waals surface area contributed by atoms with E-state index in [2.05, 4.69) is 10.3 Å². The van der Waals surface area contributed by atoms with Crippen molar-refractivity contribution in [2.75, 3.05) is 16.8 Å². The lowest BCUT2D eigenvalue weighted by atomic mass is 10.1. The van der Waals surface area contributed by atoms with Crippen molar-refractivity contribution in [3.05, 3.63) is 60.3 Å². The number of hydrogen-bond donors (Lipinski definition) is 3. The van der Waals surface area contributed by atoms with Gasteiger partial charge in [-0.3, -0.25) is 9.78 Å². The minimum absolute atomic E-state index is 0.259. The Balaban J connectivity index is 1.96. The molecule has 1 heterocycles. The first-order valence-corrected chi connectivity index (χ1v) is 6.44. The van der Waals surface area contributed by atoms with E-state index in [1.807, 2.05) is 30.3 Å². The van der Waals surface area contributed by atoms with Gasteiger partial charge in [-0.05, 0) is 42.5 Å². The predicted octanol–water partition coefficient (Wildman–Crippen LogP) is 2.65. The number of nitrogens with zero attached hydrogens (tertiary/aromatic N) is 1. The second-order valence-electron chi connectivity index (χ2n) is 4.72. The largest absolute Gasteiger partial charge is 0.399 e. The quantitative estimate of drug-likeness (QED) is 0.628. The van der Waals surface area contributed by atoms with Gasteiger partial charge in [0.15, 0.2) is 0 Å². The Kier molecular flexibility index (Phi) is 3.16. The molecular weight excluding hydrogens is 264 g/mol. The first kappa shape index (κ1) is 12.9. The van der Waals surface area contributed by atoms with Crippen molar-refractivity contribution in [1.29, 1.82) is 0 Å². The lowest BCUT2D eigenvalue weighted by Gasteiger charge is -2.09. The minimum Gasteiger partial charge on any atom is -0.399 e. The molecule has 0 saturated carbocycles. The Morgan fingerprint density at radius 1 is 1.00 bits per heavy atom. The van der Waals surface area contributed by atoms with Crippen LogP contribution in [0.1, 0.15) is 10.4 Å². The molecule has 1 aromatic heterocycles. The molecule has 5 nitrogen and oxygen atoms in total. The van der Waals surface area contributed by atoms with E-state index in [1.54, 1.807) is 24.4 Å². The highest BCUT2D eigenvalue weighted by molar-refractivity contribution is 6.09. The molecule has 0 bridgehead atoms. The van der Waals surface area contributed by atoms with Crippen LogP contribution < -0.4 is 16.8 Å². The first-order valence-electron chi connectivity index (χ1n) is 6.44. The van der Waals surface area contributed by atoms with Gasteiger partial charge in [-0.15, -0.1) is 0 Å². The molecule has 1 amide bonds. The highest BCUT2D eigenvalue weighted by atomic mass is 16.1. The summed E-state index contributed by atoms with van der Waals surface area (Å²) in [5.74, 6) is -0.259. The normalized spacial score (nSPS) is 10.5. The van der Waals surface area contributed by atoms with Crippen LogP contribution in [0.25, 0.3) is 10.9 Å². The van der Waals surface area contributed by atoms with Gasteiger partial charge < -0.3 is 16.8 Å². The van der Waals surface area contributed by atoms with E-state index in [-0.39, 0.29) is 5.91 Å². The number of carbonyl (C=O) groups is 1. The van der Waals surface area contributed by atoms with Crippen LogP contribution in [-0.4, -0.2) is 10.9 Å². The van der Waals surface area contributed by atoms with Crippen molar-refractivity contribution in [2.45, 2.75) is 0 Å². The smallest absolute Gasteiger partial charge is 0.255 e. The van der Waals surface area contributed by atoms with Gasteiger partial charge in [0, 0.05) is 28.5 Å². The highest BCUT2D eigenvalue weighted by Gasteiger charge is 2.09. The van der Waals surface area contributed by atoms with Gasteiger partial charge in [0.1, 0.15) is 0 Å². The number of aromatic nitrogens is 1. The molecule has 0 aliphatic rings. The monoisotopic (exact) mass is 278 g/mol. The molecule has 0 radical (unpaired) electrons. The summed E-state index contributed by atoms with van der Waals surface area (Å²) < 4.78 is 0. The molecule has 0 atom stereocenters. The van der Waals surface area contributed by atoms with Crippen LogP contribution in [0.5, 0.6) is 0 Å². The van der Waals surface area contributed by atoms with Crippen LogP contribution in [0.3, 0.4) is 0 Å². The summed E-state index contributed by atoms with van der Waals surface area (Å²) in [6.45, 7) is 0. The van der Waals surface area contributed by atoms with Crippen molar-refractivity contribution in [3.8, 4) is 0 Å². The number of nitrogens with two attached hydrogens (primary N) is 2. The predicted molar refractivity (Wildman–Crippen MR) is 85.0 cm³/mol. The fraction of sp³-hybridized carbons (Fsp3) is 0. The number of anilines is 3. The van der Waals surface area contributed by atoms with E-state index < -0.39 is 0 Å². The van der Waals surface area contributed by atoms with Gasteiger partial charge in [-0.2, -0.15) is 0 Å². The summed E-state index contributed by atoms with van der Waals surface area (Å²) in [5, 5.41) is 3.75. The number of pyridine rings is 1. The standard InChI is InChI=1S/C16H14N4O/c17-11-7-10(8-12(18)9-11)16(21)20-15-5-1-4-14-13(15)3-2-6-19-14/h1-9H,17-18H2,(H,20,21). The summed E-state index contributed by atoms with van der Waals surface area (Å²) in [6.07, 6.45) is 1.71. The molecule has 21 heavy (non-hydrogen) atoms. The Hall–Kier alpha value is -3.08. The maximum Gasteiger partial charge on any atom is 0.255 e. The zero-order valence-corrected chi connectivity index (χ0v) is 11.2. The third-order valence-corrected chi connectivity index (χ3v) is 3.13. The van der Waals surface area contributed by atoms with Gasteiger partial charge in [0.05, 0.1) is 11.2 Å². The molecule has 0 spiro atoms. The van der Waals surface area contributed by atoms with Crippen LogP contribution in [-0.2, 0) is 0 Å². The topological polar surface area (TPSA) is 94.0 Å². The van der Waals surface area contributed by atoms with Crippen LogP contribution in [0, 0.1) is 0 Å².